The summed E-state index contributed by atoms with van der Waals surface area (Å²) < 4.78 is 5.49. The number of anilines is 1. The maximum atomic E-state index is 12.0. The zero-order valence-electron chi connectivity index (χ0n) is 17.2. The van der Waals surface area contributed by atoms with Crippen LogP contribution in [0.15, 0.2) is 29.3 Å². The van der Waals surface area contributed by atoms with Crippen LogP contribution in [0.3, 0.4) is 0 Å². The highest BCUT2D eigenvalue weighted by Gasteiger charge is 2.26. The minimum Gasteiger partial charge on any atom is -0.379 e. The lowest BCUT2D eigenvalue weighted by Gasteiger charge is -2.37. The van der Waals surface area contributed by atoms with E-state index >= 15 is 0 Å². The molecule has 2 unspecified atom stereocenters. The van der Waals surface area contributed by atoms with Crippen molar-refractivity contribution < 1.29 is 9.53 Å². The van der Waals surface area contributed by atoms with Gasteiger partial charge in [0.15, 0.2) is 5.96 Å². The zero-order chi connectivity index (χ0) is 19.9. The van der Waals surface area contributed by atoms with Gasteiger partial charge in [0, 0.05) is 57.3 Å². The van der Waals surface area contributed by atoms with Crippen molar-refractivity contribution in [3.63, 3.8) is 0 Å². The van der Waals surface area contributed by atoms with E-state index in [9.17, 15) is 4.79 Å². The van der Waals surface area contributed by atoms with Gasteiger partial charge < -0.3 is 20.7 Å². The molecule has 0 aliphatic carbocycles. The highest BCUT2D eigenvalue weighted by atomic mass is 16.5. The maximum Gasteiger partial charge on any atom is 0.225 e. The fraction of sp³-hybridized carbons (Fsp3) is 0.619. The average Bonchev–Trinajstić information content (AvgIpc) is 2.70. The molecule has 0 bridgehead atoms. The molecule has 3 N–H and O–H groups in total. The van der Waals surface area contributed by atoms with Crippen LogP contribution in [-0.4, -0.2) is 69.2 Å². The molecule has 7 heteroatoms. The van der Waals surface area contributed by atoms with Gasteiger partial charge in [-0.3, -0.25) is 14.7 Å². The Hall–Kier alpha value is -2.12. The summed E-state index contributed by atoms with van der Waals surface area (Å²) in [7, 11) is 1.79. The van der Waals surface area contributed by atoms with Crippen LogP contribution in [0, 0.1) is 5.92 Å². The van der Waals surface area contributed by atoms with Gasteiger partial charge in [-0.25, -0.2) is 0 Å². The normalized spacial score (nSPS) is 21.8. The molecule has 1 fully saturated rings. The predicted molar refractivity (Wildman–Crippen MR) is 113 cm³/mol. The van der Waals surface area contributed by atoms with Crippen molar-refractivity contribution in [2.24, 2.45) is 10.9 Å². The number of guanidine groups is 1. The summed E-state index contributed by atoms with van der Waals surface area (Å²) in [4.78, 5) is 18.9. The van der Waals surface area contributed by atoms with Gasteiger partial charge in [0.1, 0.15) is 0 Å². The van der Waals surface area contributed by atoms with Gasteiger partial charge in [-0.1, -0.05) is 32.0 Å². The second-order valence-corrected chi connectivity index (χ2v) is 7.83. The van der Waals surface area contributed by atoms with Gasteiger partial charge in [-0.2, -0.15) is 0 Å². The quantitative estimate of drug-likeness (QED) is 0.511. The van der Waals surface area contributed by atoms with Crippen molar-refractivity contribution in [3.8, 4) is 0 Å². The van der Waals surface area contributed by atoms with E-state index in [0.717, 1.165) is 44.5 Å². The molecular weight excluding hydrogens is 354 g/mol. The molecule has 154 valence electrons. The first-order chi connectivity index (χ1) is 13.6. The van der Waals surface area contributed by atoms with Gasteiger partial charge in [0.2, 0.25) is 5.91 Å². The van der Waals surface area contributed by atoms with E-state index in [1.54, 1.807) is 7.05 Å². The number of morpholine rings is 1. The van der Waals surface area contributed by atoms with E-state index < -0.39 is 0 Å². The molecule has 7 nitrogen and oxygen atoms in total. The van der Waals surface area contributed by atoms with Crippen molar-refractivity contribution >= 4 is 17.6 Å². The number of nitrogens with one attached hydrogen (secondary N) is 3. The van der Waals surface area contributed by atoms with Gasteiger partial charge in [0.05, 0.1) is 13.2 Å². The van der Waals surface area contributed by atoms with E-state index in [2.05, 4.69) is 45.8 Å². The van der Waals surface area contributed by atoms with Gasteiger partial charge in [-0.05, 0) is 17.5 Å². The average molecular weight is 388 g/mol. The molecular formula is C21H33N5O2. The molecule has 0 spiro atoms. The van der Waals surface area contributed by atoms with Crippen molar-refractivity contribution in [2.45, 2.75) is 32.2 Å². The van der Waals surface area contributed by atoms with E-state index in [1.807, 2.05) is 18.2 Å². The molecule has 2 atom stereocenters. The predicted octanol–water partition coefficient (Wildman–Crippen LogP) is 1.63. The summed E-state index contributed by atoms with van der Waals surface area (Å²) in [6, 6.07) is 8.45. The third-order valence-electron chi connectivity index (χ3n) is 5.61. The number of aliphatic imine (C=N–C) groups is 1. The molecule has 1 aromatic carbocycles. The van der Waals surface area contributed by atoms with Crippen LogP contribution >= 0.6 is 0 Å². The number of hydrogen-bond donors (Lipinski definition) is 3. The number of carbonyl (C=O) groups is 1. The molecule has 2 aliphatic rings. The molecule has 0 aromatic heterocycles. The van der Waals surface area contributed by atoms with Crippen LogP contribution in [0.1, 0.15) is 31.7 Å². The van der Waals surface area contributed by atoms with Crippen molar-refractivity contribution in [1.29, 1.82) is 0 Å². The van der Waals surface area contributed by atoms with E-state index in [1.165, 1.54) is 5.56 Å². The molecule has 0 radical (unpaired) electrons. The number of rotatable bonds is 6. The van der Waals surface area contributed by atoms with Crippen LogP contribution in [0.5, 0.6) is 0 Å². The molecule has 0 saturated carbocycles. The minimum atomic E-state index is 0.0700. The Morgan fingerprint density at radius 1 is 1.29 bits per heavy atom. The highest BCUT2D eigenvalue weighted by molar-refractivity contribution is 5.94. The molecule has 2 heterocycles. The Morgan fingerprint density at radius 3 is 2.75 bits per heavy atom. The fourth-order valence-electron chi connectivity index (χ4n) is 4.02. The minimum absolute atomic E-state index is 0.0700. The second-order valence-electron chi connectivity index (χ2n) is 7.83. The summed E-state index contributed by atoms with van der Waals surface area (Å²) in [5, 5.41) is 9.84. The Morgan fingerprint density at radius 2 is 2.04 bits per heavy atom. The highest BCUT2D eigenvalue weighted by Crippen LogP contribution is 2.31. The molecule has 1 saturated heterocycles. The molecule has 2 aliphatic heterocycles. The lowest BCUT2D eigenvalue weighted by Crippen LogP contribution is -2.52. The third kappa shape index (κ3) is 5.23. The van der Waals surface area contributed by atoms with Crippen LogP contribution < -0.4 is 16.0 Å². The van der Waals surface area contributed by atoms with Crippen LogP contribution in [0.2, 0.25) is 0 Å². The summed E-state index contributed by atoms with van der Waals surface area (Å²) in [6.45, 7) is 9.59. The molecule has 1 aromatic rings. The van der Waals surface area contributed by atoms with Crippen LogP contribution in [0.25, 0.3) is 0 Å². The molecule has 3 rings (SSSR count). The molecule has 28 heavy (non-hydrogen) atoms. The van der Waals surface area contributed by atoms with Crippen molar-refractivity contribution in [2.75, 3.05) is 51.8 Å². The van der Waals surface area contributed by atoms with Crippen LogP contribution in [-0.2, 0) is 9.53 Å². The van der Waals surface area contributed by atoms with Gasteiger partial charge in [0.25, 0.3) is 0 Å². The number of hydrogen-bond acceptors (Lipinski definition) is 4. The number of amides is 1. The van der Waals surface area contributed by atoms with Crippen LogP contribution in [0.4, 0.5) is 5.69 Å². The maximum absolute atomic E-state index is 12.0. The second kappa shape index (κ2) is 9.89. The Kier molecular flexibility index (Phi) is 7.28. The first-order valence-corrected chi connectivity index (χ1v) is 10.2. The number of nitrogens with zero attached hydrogens (tertiary/aromatic N) is 2. The third-order valence-corrected chi connectivity index (χ3v) is 5.61. The lowest BCUT2D eigenvalue weighted by atomic mass is 9.90. The monoisotopic (exact) mass is 387 g/mol. The Balaban J connectivity index is 1.55. The summed E-state index contributed by atoms with van der Waals surface area (Å²) in [5.74, 6) is 1.53. The first kappa shape index (κ1) is 20.6. The number of benzene rings is 1. The summed E-state index contributed by atoms with van der Waals surface area (Å²) >= 11 is 0. The lowest BCUT2D eigenvalue weighted by molar-refractivity contribution is -0.116. The molecule has 1 amide bonds. The number of para-hydroxylation sites is 1. The van der Waals surface area contributed by atoms with Crippen molar-refractivity contribution in [3.05, 3.63) is 29.8 Å². The van der Waals surface area contributed by atoms with E-state index in [-0.39, 0.29) is 11.8 Å². The fourth-order valence-corrected chi connectivity index (χ4v) is 4.02. The smallest absolute Gasteiger partial charge is 0.225 e. The number of carbonyl (C=O) groups excluding carboxylic acids is 1. The first-order valence-electron chi connectivity index (χ1n) is 10.2. The largest absolute Gasteiger partial charge is 0.379 e. The van der Waals surface area contributed by atoms with E-state index in [4.69, 9.17) is 4.74 Å². The SMILES string of the molecule is CN=C(NCC1CC(=O)Nc2ccccc21)NCC(C(C)C)N1CCOCC1. The Bertz CT molecular complexity index is 685. The summed E-state index contributed by atoms with van der Waals surface area (Å²) in [6.07, 6.45) is 0.489. The topological polar surface area (TPSA) is 78.0 Å². The zero-order valence-corrected chi connectivity index (χ0v) is 17.2. The Labute approximate surface area is 167 Å². The van der Waals surface area contributed by atoms with Gasteiger partial charge >= 0.3 is 0 Å². The standard InChI is InChI=1S/C21H33N5O2/c1-15(2)19(26-8-10-28-11-9-26)14-24-21(22-3)23-13-16-12-20(27)25-18-7-5-4-6-17(16)18/h4-7,15-16,19H,8-14H2,1-3H3,(H,25,27)(H2,22,23,24). The number of fused-ring (bicyclic) bond motifs is 1. The summed E-state index contributed by atoms with van der Waals surface area (Å²) in [5.41, 5.74) is 2.10. The number of ether oxygens (including phenoxy) is 1. The van der Waals surface area contributed by atoms with Crippen molar-refractivity contribution in [1.82, 2.24) is 15.5 Å². The van der Waals surface area contributed by atoms with Gasteiger partial charge in [-0.15, -0.1) is 0 Å². The van der Waals surface area contributed by atoms with E-state index in [0.29, 0.717) is 24.9 Å².